The molecule has 2 amide bonds. The Kier molecular flexibility index (Phi) is 4.73. The number of hydrogen-bond donors (Lipinski definition) is 2. The van der Waals surface area contributed by atoms with E-state index in [-0.39, 0.29) is 12.5 Å². The maximum absolute atomic E-state index is 11.7. The van der Waals surface area contributed by atoms with E-state index in [0.717, 1.165) is 0 Å². The molecular weight excluding hydrogens is 282 g/mol. The highest BCUT2D eigenvalue weighted by atomic mass is 16.5. The standard InChI is InChI=1S/C16H13N3O3/c17-9-11-1-7-14(8-2-11)22-10-15(20)19-13-5-3-12(4-6-13)16(18)21/h1-8H,10H2,(H2,18,21)(H,19,20). The van der Waals surface area contributed by atoms with Gasteiger partial charge in [0, 0.05) is 11.3 Å². The number of anilines is 1. The van der Waals surface area contributed by atoms with Gasteiger partial charge < -0.3 is 15.8 Å². The highest BCUT2D eigenvalue weighted by Crippen LogP contribution is 2.12. The van der Waals surface area contributed by atoms with Crippen molar-refractivity contribution >= 4 is 17.5 Å². The molecule has 0 aliphatic rings. The van der Waals surface area contributed by atoms with Crippen LogP contribution in [0.4, 0.5) is 5.69 Å². The summed E-state index contributed by atoms with van der Waals surface area (Å²) >= 11 is 0. The van der Waals surface area contributed by atoms with E-state index in [1.807, 2.05) is 6.07 Å². The Morgan fingerprint density at radius 1 is 1.09 bits per heavy atom. The summed E-state index contributed by atoms with van der Waals surface area (Å²) in [4.78, 5) is 22.7. The van der Waals surface area contributed by atoms with Crippen LogP contribution in [0.2, 0.25) is 0 Å². The molecule has 2 aromatic rings. The first-order chi connectivity index (χ1) is 10.6. The van der Waals surface area contributed by atoms with Crippen molar-refractivity contribution in [1.29, 1.82) is 5.26 Å². The van der Waals surface area contributed by atoms with Gasteiger partial charge in [-0.05, 0) is 48.5 Å². The van der Waals surface area contributed by atoms with E-state index in [9.17, 15) is 9.59 Å². The van der Waals surface area contributed by atoms with Crippen molar-refractivity contribution in [1.82, 2.24) is 0 Å². The summed E-state index contributed by atoms with van der Waals surface area (Å²) in [6.45, 7) is -0.163. The minimum absolute atomic E-state index is 0.163. The molecule has 0 atom stereocenters. The van der Waals surface area contributed by atoms with Gasteiger partial charge in [-0.15, -0.1) is 0 Å². The van der Waals surface area contributed by atoms with Crippen molar-refractivity contribution in [3.63, 3.8) is 0 Å². The number of carbonyl (C=O) groups excluding carboxylic acids is 2. The molecule has 0 bridgehead atoms. The molecule has 0 saturated carbocycles. The zero-order valence-electron chi connectivity index (χ0n) is 11.6. The predicted octanol–water partition coefficient (Wildman–Crippen LogP) is 1.67. The van der Waals surface area contributed by atoms with E-state index in [0.29, 0.717) is 22.6 Å². The zero-order chi connectivity index (χ0) is 15.9. The fourth-order valence-corrected chi connectivity index (χ4v) is 1.69. The molecule has 0 unspecified atom stereocenters. The second-order valence-electron chi connectivity index (χ2n) is 4.41. The summed E-state index contributed by atoms with van der Waals surface area (Å²) in [5, 5.41) is 11.3. The van der Waals surface area contributed by atoms with Crippen LogP contribution in [0.25, 0.3) is 0 Å². The Hall–Kier alpha value is -3.33. The first-order valence-electron chi connectivity index (χ1n) is 6.41. The highest BCUT2D eigenvalue weighted by Gasteiger charge is 2.05. The molecule has 0 aliphatic carbocycles. The lowest BCUT2D eigenvalue weighted by atomic mass is 10.2. The van der Waals surface area contributed by atoms with Crippen LogP contribution < -0.4 is 15.8 Å². The van der Waals surface area contributed by atoms with Gasteiger partial charge in [0.1, 0.15) is 5.75 Å². The van der Waals surface area contributed by atoms with Gasteiger partial charge in [0.05, 0.1) is 11.6 Å². The van der Waals surface area contributed by atoms with E-state index < -0.39 is 5.91 Å². The van der Waals surface area contributed by atoms with E-state index in [4.69, 9.17) is 15.7 Å². The third kappa shape index (κ3) is 4.08. The summed E-state index contributed by atoms with van der Waals surface area (Å²) in [6.07, 6.45) is 0. The average molecular weight is 295 g/mol. The Balaban J connectivity index is 1.87. The van der Waals surface area contributed by atoms with Gasteiger partial charge in [-0.25, -0.2) is 0 Å². The summed E-state index contributed by atoms with van der Waals surface area (Å²) in [5.74, 6) is -0.364. The second kappa shape index (κ2) is 6.90. The normalized spacial score (nSPS) is 9.59. The topological polar surface area (TPSA) is 105 Å². The monoisotopic (exact) mass is 295 g/mol. The smallest absolute Gasteiger partial charge is 0.262 e. The van der Waals surface area contributed by atoms with Crippen molar-refractivity contribution in [3.05, 3.63) is 59.7 Å². The van der Waals surface area contributed by atoms with E-state index in [1.165, 1.54) is 12.1 Å². The van der Waals surface area contributed by atoms with Crippen LogP contribution >= 0.6 is 0 Å². The molecular formula is C16H13N3O3. The maximum atomic E-state index is 11.7. The van der Waals surface area contributed by atoms with Crippen LogP contribution in [0.15, 0.2) is 48.5 Å². The van der Waals surface area contributed by atoms with Gasteiger partial charge in [-0.3, -0.25) is 9.59 Å². The third-order valence-corrected chi connectivity index (χ3v) is 2.81. The SMILES string of the molecule is N#Cc1ccc(OCC(=O)Nc2ccc(C(N)=O)cc2)cc1. The van der Waals surface area contributed by atoms with Crippen LogP contribution in [-0.2, 0) is 4.79 Å². The number of ether oxygens (including phenoxy) is 1. The molecule has 0 aliphatic heterocycles. The summed E-state index contributed by atoms with van der Waals surface area (Å²) in [5.41, 5.74) is 6.56. The first kappa shape index (κ1) is 15.1. The first-order valence-corrected chi connectivity index (χ1v) is 6.41. The molecule has 6 heteroatoms. The van der Waals surface area contributed by atoms with Gasteiger partial charge in [-0.1, -0.05) is 0 Å². The highest BCUT2D eigenvalue weighted by molar-refractivity contribution is 5.95. The lowest BCUT2D eigenvalue weighted by molar-refractivity contribution is -0.118. The Bertz CT molecular complexity index is 716. The van der Waals surface area contributed by atoms with Crippen LogP contribution in [-0.4, -0.2) is 18.4 Å². The van der Waals surface area contributed by atoms with Gasteiger partial charge >= 0.3 is 0 Å². The molecule has 0 fully saturated rings. The van der Waals surface area contributed by atoms with Crippen molar-refractivity contribution in [2.24, 2.45) is 5.73 Å². The van der Waals surface area contributed by atoms with E-state index >= 15 is 0 Å². The molecule has 2 aromatic carbocycles. The van der Waals surface area contributed by atoms with Gasteiger partial charge in [0.2, 0.25) is 5.91 Å². The van der Waals surface area contributed by atoms with Crippen LogP contribution in [0.1, 0.15) is 15.9 Å². The zero-order valence-corrected chi connectivity index (χ0v) is 11.6. The lowest BCUT2D eigenvalue weighted by Gasteiger charge is -2.08. The average Bonchev–Trinajstić information content (AvgIpc) is 2.54. The van der Waals surface area contributed by atoms with E-state index in [1.54, 1.807) is 36.4 Å². The molecule has 22 heavy (non-hydrogen) atoms. The number of nitrogens with two attached hydrogens (primary N) is 1. The second-order valence-corrected chi connectivity index (χ2v) is 4.41. The fraction of sp³-hybridized carbons (Fsp3) is 0.0625. The van der Waals surface area contributed by atoms with Gasteiger partial charge in [0.15, 0.2) is 6.61 Å². The Morgan fingerprint density at radius 3 is 2.27 bits per heavy atom. The van der Waals surface area contributed by atoms with E-state index in [2.05, 4.69) is 5.32 Å². The molecule has 0 spiro atoms. The molecule has 2 rings (SSSR count). The maximum Gasteiger partial charge on any atom is 0.262 e. The van der Waals surface area contributed by atoms with Crippen molar-refractivity contribution in [2.75, 3.05) is 11.9 Å². The Morgan fingerprint density at radius 2 is 1.73 bits per heavy atom. The number of rotatable bonds is 5. The number of primary amides is 1. The molecule has 0 aromatic heterocycles. The number of amides is 2. The molecule has 0 radical (unpaired) electrons. The minimum atomic E-state index is -0.526. The third-order valence-electron chi connectivity index (χ3n) is 2.81. The minimum Gasteiger partial charge on any atom is -0.484 e. The van der Waals surface area contributed by atoms with Crippen molar-refractivity contribution < 1.29 is 14.3 Å². The summed E-state index contributed by atoms with van der Waals surface area (Å²) < 4.78 is 5.31. The Labute approximate surface area is 127 Å². The summed E-state index contributed by atoms with van der Waals surface area (Å²) in [7, 11) is 0. The molecule has 110 valence electrons. The van der Waals surface area contributed by atoms with Gasteiger partial charge in [-0.2, -0.15) is 5.26 Å². The summed E-state index contributed by atoms with van der Waals surface area (Å²) in [6, 6.07) is 14.7. The van der Waals surface area contributed by atoms with Crippen molar-refractivity contribution in [3.8, 4) is 11.8 Å². The number of hydrogen-bond acceptors (Lipinski definition) is 4. The van der Waals surface area contributed by atoms with Crippen molar-refractivity contribution in [2.45, 2.75) is 0 Å². The molecule has 3 N–H and O–H groups in total. The number of nitriles is 1. The van der Waals surface area contributed by atoms with Gasteiger partial charge in [0.25, 0.3) is 5.91 Å². The number of benzene rings is 2. The lowest BCUT2D eigenvalue weighted by Crippen LogP contribution is -2.20. The van der Waals surface area contributed by atoms with Crippen LogP contribution in [0.3, 0.4) is 0 Å². The predicted molar refractivity (Wildman–Crippen MR) is 80.2 cm³/mol. The van der Waals surface area contributed by atoms with Crippen LogP contribution in [0, 0.1) is 11.3 Å². The molecule has 6 nitrogen and oxygen atoms in total. The number of carbonyl (C=O) groups is 2. The number of nitrogens with one attached hydrogen (secondary N) is 1. The largest absolute Gasteiger partial charge is 0.484 e. The quantitative estimate of drug-likeness (QED) is 0.875. The molecule has 0 heterocycles. The molecule has 0 saturated heterocycles. The van der Waals surface area contributed by atoms with Crippen LogP contribution in [0.5, 0.6) is 5.75 Å². The fourth-order valence-electron chi connectivity index (χ4n) is 1.69. The number of nitrogens with zero attached hydrogens (tertiary/aromatic N) is 1.